The second-order valence-corrected chi connectivity index (χ2v) is 9.45. The number of unbranched alkanes of at least 4 members (excludes halogenated alkanes) is 1. The average molecular weight is 495 g/mol. The Balaban J connectivity index is 1.21. The monoisotopic (exact) mass is 494 g/mol. The first kappa shape index (κ1) is 23.7. The summed E-state index contributed by atoms with van der Waals surface area (Å²) >= 11 is 2.59. The molecule has 4 rings (SSSR count). The second kappa shape index (κ2) is 11.1. The Kier molecular flexibility index (Phi) is 7.71. The van der Waals surface area contributed by atoms with Crippen LogP contribution < -0.4 is 10.6 Å². The molecule has 4 N–H and O–H groups in total. The highest BCUT2D eigenvalue weighted by molar-refractivity contribution is 8.19. The van der Waals surface area contributed by atoms with Gasteiger partial charge in [0.1, 0.15) is 11.5 Å². The SMILES string of the molecule is O=C1NC(=NCCCCN=C2NC(=O)/C(=C/c3ccc(O)cc3)S2)S/C1=C\c1ccc(O)cc1. The second-order valence-electron chi connectivity index (χ2n) is 7.39. The van der Waals surface area contributed by atoms with Crippen molar-refractivity contribution in [2.75, 3.05) is 13.1 Å². The van der Waals surface area contributed by atoms with Gasteiger partial charge in [-0.05, 0) is 83.9 Å². The van der Waals surface area contributed by atoms with Gasteiger partial charge < -0.3 is 20.8 Å². The first-order valence-corrected chi connectivity index (χ1v) is 12.2. The van der Waals surface area contributed by atoms with Crippen molar-refractivity contribution in [2.45, 2.75) is 12.8 Å². The van der Waals surface area contributed by atoms with E-state index in [1.165, 1.54) is 23.5 Å². The summed E-state index contributed by atoms with van der Waals surface area (Å²) in [5.41, 5.74) is 1.66. The summed E-state index contributed by atoms with van der Waals surface area (Å²) in [6.45, 7) is 1.12. The Morgan fingerprint density at radius 2 is 1.06 bits per heavy atom. The maximum absolute atomic E-state index is 12.1. The predicted molar refractivity (Wildman–Crippen MR) is 137 cm³/mol. The molecule has 0 radical (unpaired) electrons. The minimum absolute atomic E-state index is 0.179. The molecule has 2 saturated heterocycles. The van der Waals surface area contributed by atoms with Gasteiger partial charge >= 0.3 is 0 Å². The van der Waals surface area contributed by atoms with Gasteiger partial charge in [0, 0.05) is 13.1 Å². The predicted octanol–water partition coefficient (Wildman–Crippen LogP) is 3.70. The molecule has 0 bridgehead atoms. The third-order valence-corrected chi connectivity index (χ3v) is 6.66. The largest absolute Gasteiger partial charge is 0.508 e. The summed E-state index contributed by atoms with van der Waals surface area (Å²) in [6, 6.07) is 13.3. The number of carbonyl (C=O) groups excluding carboxylic acids is 2. The van der Waals surface area contributed by atoms with Crippen LogP contribution in [0.1, 0.15) is 24.0 Å². The number of nitrogens with zero attached hydrogens (tertiary/aromatic N) is 2. The normalized spacial score (nSPS) is 20.5. The summed E-state index contributed by atoms with van der Waals surface area (Å²) in [5, 5.41) is 25.4. The summed E-state index contributed by atoms with van der Waals surface area (Å²) in [7, 11) is 0. The minimum atomic E-state index is -0.187. The third-order valence-electron chi connectivity index (χ3n) is 4.76. The van der Waals surface area contributed by atoms with Crippen LogP contribution in [-0.2, 0) is 9.59 Å². The van der Waals surface area contributed by atoms with Crippen LogP contribution in [0.25, 0.3) is 12.2 Å². The summed E-state index contributed by atoms with van der Waals surface area (Å²) < 4.78 is 0. The number of aliphatic imine (C=N–C) groups is 2. The quantitative estimate of drug-likeness (QED) is 0.344. The van der Waals surface area contributed by atoms with Gasteiger partial charge in [-0.2, -0.15) is 0 Å². The zero-order chi connectivity index (χ0) is 23.9. The molecule has 0 spiro atoms. The zero-order valence-corrected chi connectivity index (χ0v) is 19.7. The number of amidine groups is 2. The number of amides is 2. The van der Waals surface area contributed by atoms with E-state index in [4.69, 9.17) is 0 Å². The van der Waals surface area contributed by atoms with E-state index < -0.39 is 0 Å². The molecule has 10 heteroatoms. The van der Waals surface area contributed by atoms with Crippen LogP contribution in [0.15, 0.2) is 68.3 Å². The van der Waals surface area contributed by atoms with Crippen LogP contribution in [0.2, 0.25) is 0 Å². The number of carbonyl (C=O) groups is 2. The molecule has 34 heavy (non-hydrogen) atoms. The maximum atomic E-state index is 12.1. The molecule has 2 aliphatic rings. The van der Waals surface area contributed by atoms with Crippen LogP contribution in [0.4, 0.5) is 0 Å². The molecule has 0 saturated carbocycles. The van der Waals surface area contributed by atoms with Crippen molar-refractivity contribution in [3.05, 3.63) is 69.5 Å². The molecule has 2 aliphatic heterocycles. The molecule has 0 aliphatic carbocycles. The van der Waals surface area contributed by atoms with Crippen molar-refractivity contribution in [1.82, 2.24) is 10.6 Å². The standard InChI is InChI=1S/C24H22N4O4S2/c29-17-7-3-15(4-8-17)13-19-21(31)27-23(33-19)25-11-1-2-12-26-24-28-22(32)20(34-24)14-16-5-9-18(30)10-6-16/h3-10,13-14,29-30H,1-2,11-12H2,(H,25,27,31)(H,26,28,32)/b19-13-,20-14-. The van der Waals surface area contributed by atoms with Gasteiger partial charge in [-0.25, -0.2) is 0 Å². The van der Waals surface area contributed by atoms with Gasteiger partial charge in [0.05, 0.1) is 9.81 Å². The Labute approximate surface area is 205 Å². The molecule has 0 aromatic heterocycles. The van der Waals surface area contributed by atoms with Crippen molar-refractivity contribution in [3.8, 4) is 11.5 Å². The molecule has 2 aromatic rings. The molecular weight excluding hydrogens is 472 g/mol. The number of phenolic OH excluding ortho intramolecular Hbond substituents is 2. The van der Waals surface area contributed by atoms with E-state index in [-0.39, 0.29) is 23.3 Å². The highest BCUT2D eigenvalue weighted by Gasteiger charge is 2.24. The number of aromatic hydroxyl groups is 2. The van der Waals surface area contributed by atoms with E-state index in [0.29, 0.717) is 33.2 Å². The molecule has 2 heterocycles. The fraction of sp³-hybridized carbons (Fsp3) is 0.167. The van der Waals surface area contributed by atoms with Gasteiger partial charge in [-0.3, -0.25) is 19.6 Å². The number of phenols is 2. The number of hydrogen-bond acceptors (Lipinski definition) is 8. The number of thioether (sulfide) groups is 2. The molecule has 174 valence electrons. The van der Waals surface area contributed by atoms with E-state index in [9.17, 15) is 19.8 Å². The van der Waals surface area contributed by atoms with E-state index in [2.05, 4.69) is 20.6 Å². The topological polar surface area (TPSA) is 123 Å². The summed E-state index contributed by atoms with van der Waals surface area (Å²) in [6.07, 6.45) is 5.11. The summed E-state index contributed by atoms with van der Waals surface area (Å²) in [5.74, 6) is -0.0160. The van der Waals surface area contributed by atoms with Gasteiger partial charge in [-0.1, -0.05) is 24.3 Å². The smallest absolute Gasteiger partial charge is 0.264 e. The Hall–Kier alpha value is -3.50. The lowest BCUT2D eigenvalue weighted by Gasteiger charge is -1.98. The first-order valence-electron chi connectivity index (χ1n) is 10.5. The highest BCUT2D eigenvalue weighted by Crippen LogP contribution is 2.27. The zero-order valence-electron chi connectivity index (χ0n) is 18.0. The Morgan fingerprint density at radius 3 is 1.44 bits per heavy atom. The van der Waals surface area contributed by atoms with Crippen molar-refractivity contribution < 1.29 is 19.8 Å². The van der Waals surface area contributed by atoms with Crippen LogP contribution in [0.3, 0.4) is 0 Å². The molecule has 0 atom stereocenters. The van der Waals surface area contributed by atoms with Crippen LogP contribution in [0.5, 0.6) is 11.5 Å². The third kappa shape index (κ3) is 6.52. The molecule has 2 amide bonds. The van der Waals surface area contributed by atoms with Crippen molar-refractivity contribution in [1.29, 1.82) is 0 Å². The lowest BCUT2D eigenvalue weighted by atomic mass is 10.2. The Bertz CT molecular complexity index is 1110. The number of benzene rings is 2. The molecule has 2 aromatic carbocycles. The maximum Gasteiger partial charge on any atom is 0.264 e. The fourth-order valence-corrected chi connectivity index (χ4v) is 4.72. The lowest BCUT2D eigenvalue weighted by molar-refractivity contribution is -0.116. The molecular formula is C24H22N4O4S2. The van der Waals surface area contributed by atoms with Crippen molar-refractivity contribution in [3.63, 3.8) is 0 Å². The number of nitrogens with one attached hydrogen (secondary N) is 2. The number of hydrogen-bond donors (Lipinski definition) is 4. The van der Waals surface area contributed by atoms with Crippen molar-refractivity contribution in [2.24, 2.45) is 9.98 Å². The van der Waals surface area contributed by atoms with Gasteiger partial charge in [0.15, 0.2) is 10.3 Å². The van der Waals surface area contributed by atoms with Crippen LogP contribution in [0, 0.1) is 0 Å². The van der Waals surface area contributed by atoms with Gasteiger partial charge in [0.25, 0.3) is 11.8 Å². The Morgan fingerprint density at radius 1 is 0.676 bits per heavy atom. The minimum Gasteiger partial charge on any atom is -0.508 e. The van der Waals surface area contributed by atoms with E-state index in [0.717, 1.165) is 24.0 Å². The summed E-state index contributed by atoms with van der Waals surface area (Å²) in [4.78, 5) is 34.2. The van der Waals surface area contributed by atoms with Crippen LogP contribution in [-0.4, -0.2) is 45.5 Å². The highest BCUT2D eigenvalue weighted by atomic mass is 32.2. The fourth-order valence-electron chi connectivity index (χ4n) is 3.03. The first-order chi connectivity index (χ1) is 16.5. The van der Waals surface area contributed by atoms with E-state index in [1.54, 1.807) is 60.7 Å². The van der Waals surface area contributed by atoms with E-state index >= 15 is 0 Å². The molecule has 8 nitrogen and oxygen atoms in total. The average Bonchev–Trinajstić information content (AvgIpc) is 3.35. The van der Waals surface area contributed by atoms with Gasteiger partial charge in [-0.15, -0.1) is 0 Å². The lowest BCUT2D eigenvalue weighted by Crippen LogP contribution is -2.20. The number of rotatable bonds is 7. The van der Waals surface area contributed by atoms with Crippen molar-refractivity contribution >= 4 is 57.8 Å². The molecule has 0 unspecified atom stereocenters. The van der Waals surface area contributed by atoms with E-state index in [1.807, 2.05) is 0 Å². The van der Waals surface area contributed by atoms with Crippen LogP contribution >= 0.6 is 23.5 Å². The van der Waals surface area contributed by atoms with Gasteiger partial charge in [0.2, 0.25) is 0 Å². The molecule has 2 fully saturated rings.